The second-order valence-electron chi connectivity index (χ2n) is 10.7. The summed E-state index contributed by atoms with van der Waals surface area (Å²) in [5.74, 6) is 1.85. The van der Waals surface area contributed by atoms with Gasteiger partial charge in [0.1, 0.15) is 5.75 Å². The predicted molar refractivity (Wildman–Crippen MR) is 156 cm³/mol. The first kappa shape index (κ1) is 26.4. The van der Waals surface area contributed by atoms with E-state index in [1.165, 1.54) is 0 Å². The second kappa shape index (κ2) is 11.7. The minimum atomic E-state index is -0.374. The standard InChI is InChI=1S/C31H35N7O/c1-21-11-12-23-24(8-4-10-26(23)34-18-14-31(2,3)20-32)28(21)39-29-25(9-6-16-35-29)27-13-17-36-30(38-27)37-22-7-5-15-33-19-22/h4,6,8-13,16-17,22,33-34H,5,7,14-15,18-19H2,1-3H3,(H,36,37,38)/t22-/m0/s1. The van der Waals surface area contributed by atoms with Gasteiger partial charge in [-0.1, -0.05) is 24.3 Å². The van der Waals surface area contributed by atoms with E-state index in [0.29, 0.717) is 24.4 Å². The van der Waals surface area contributed by atoms with E-state index in [2.05, 4.69) is 56.3 Å². The van der Waals surface area contributed by atoms with Gasteiger partial charge in [-0.25, -0.2) is 15.0 Å². The summed E-state index contributed by atoms with van der Waals surface area (Å²) in [6.07, 6.45) is 6.48. The van der Waals surface area contributed by atoms with Crippen molar-refractivity contribution >= 4 is 22.4 Å². The second-order valence-corrected chi connectivity index (χ2v) is 10.7. The summed E-state index contributed by atoms with van der Waals surface area (Å²) in [4.78, 5) is 13.8. The van der Waals surface area contributed by atoms with E-state index in [1.54, 1.807) is 12.4 Å². The average molecular weight is 522 g/mol. The van der Waals surface area contributed by atoms with Gasteiger partial charge in [0, 0.05) is 48.0 Å². The normalized spacial score (nSPS) is 15.5. The van der Waals surface area contributed by atoms with Crippen LogP contribution in [0.2, 0.25) is 0 Å². The SMILES string of the molecule is Cc1ccc2c(NCCC(C)(C)C#N)cccc2c1Oc1ncccc1-c1ccnc(N[C@H]2CCCNC2)n1. The minimum Gasteiger partial charge on any atom is -0.437 e. The Bertz CT molecular complexity index is 1490. The number of hydrogen-bond donors (Lipinski definition) is 3. The van der Waals surface area contributed by atoms with E-state index in [0.717, 1.165) is 71.4 Å². The third-order valence-corrected chi connectivity index (χ3v) is 7.11. The number of fused-ring (bicyclic) bond motifs is 1. The molecule has 0 aliphatic carbocycles. The fourth-order valence-corrected chi connectivity index (χ4v) is 4.79. The lowest BCUT2D eigenvalue weighted by atomic mass is 9.91. The van der Waals surface area contributed by atoms with Crippen LogP contribution in [-0.2, 0) is 0 Å². The number of nitrogens with zero attached hydrogens (tertiary/aromatic N) is 4. The molecule has 1 atom stereocenters. The summed E-state index contributed by atoms with van der Waals surface area (Å²) in [7, 11) is 0. The molecule has 2 aromatic heterocycles. The molecule has 200 valence electrons. The smallest absolute Gasteiger partial charge is 0.228 e. The molecule has 8 nitrogen and oxygen atoms in total. The van der Waals surface area contributed by atoms with Gasteiger partial charge in [-0.05, 0) is 76.4 Å². The van der Waals surface area contributed by atoms with Crippen molar-refractivity contribution in [3.63, 3.8) is 0 Å². The van der Waals surface area contributed by atoms with Crippen LogP contribution < -0.4 is 20.7 Å². The quantitative estimate of drug-likeness (QED) is 0.235. The average Bonchev–Trinajstić information content (AvgIpc) is 2.95. The van der Waals surface area contributed by atoms with E-state index in [-0.39, 0.29) is 5.41 Å². The van der Waals surface area contributed by atoms with E-state index in [9.17, 15) is 5.26 Å². The largest absolute Gasteiger partial charge is 0.437 e. The maximum atomic E-state index is 9.35. The zero-order valence-corrected chi connectivity index (χ0v) is 22.8. The highest BCUT2D eigenvalue weighted by Gasteiger charge is 2.18. The van der Waals surface area contributed by atoms with Crippen molar-refractivity contribution in [2.75, 3.05) is 30.3 Å². The van der Waals surface area contributed by atoms with Crippen LogP contribution in [0.5, 0.6) is 11.6 Å². The first-order chi connectivity index (χ1) is 18.9. The molecule has 3 heterocycles. The first-order valence-corrected chi connectivity index (χ1v) is 13.5. The molecule has 5 rings (SSSR count). The van der Waals surface area contributed by atoms with Crippen LogP contribution in [0.15, 0.2) is 60.9 Å². The third kappa shape index (κ3) is 6.27. The molecule has 0 saturated carbocycles. The lowest BCUT2D eigenvalue weighted by Gasteiger charge is -2.23. The Hall–Kier alpha value is -4.22. The lowest BCUT2D eigenvalue weighted by Crippen LogP contribution is -2.38. The van der Waals surface area contributed by atoms with Crippen molar-refractivity contribution in [2.24, 2.45) is 5.41 Å². The Morgan fingerprint density at radius 2 is 1.97 bits per heavy atom. The summed E-state index contributed by atoms with van der Waals surface area (Å²) in [6, 6.07) is 18.7. The lowest BCUT2D eigenvalue weighted by molar-refractivity contribution is 0.466. The van der Waals surface area contributed by atoms with Crippen molar-refractivity contribution in [1.82, 2.24) is 20.3 Å². The number of piperidine rings is 1. The topological polar surface area (TPSA) is 108 Å². The summed E-state index contributed by atoms with van der Waals surface area (Å²) in [5.41, 5.74) is 3.20. The molecule has 0 spiro atoms. The Balaban J connectivity index is 1.43. The van der Waals surface area contributed by atoms with Crippen LogP contribution >= 0.6 is 0 Å². The molecule has 0 unspecified atom stereocenters. The highest BCUT2D eigenvalue weighted by Crippen LogP contribution is 2.38. The molecule has 2 aromatic carbocycles. The van der Waals surface area contributed by atoms with Gasteiger partial charge in [0.15, 0.2) is 0 Å². The van der Waals surface area contributed by atoms with Crippen LogP contribution in [-0.4, -0.2) is 40.6 Å². The highest BCUT2D eigenvalue weighted by atomic mass is 16.5. The molecule has 1 aliphatic rings. The fraction of sp³-hybridized carbons (Fsp3) is 0.355. The number of pyridine rings is 1. The number of anilines is 2. The molecule has 0 radical (unpaired) electrons. The Morgan fingerprint density at radius 1 is 1.08 bits per heavy atom. The molecule has 3 N–H and O–H groups in total. The van der Waals surface area contributed by atoms with Gasteiger partial charge < -0.3 is 20.7 Å². The summed E-state index contributed by atoms with van der Waals surface area (Å²) in [6.45, 7) is 8.62. The van der Waals surface area contributed by atoms with Crippen LogP contribution in [0.25, 0.3) is 22.0 Å². The summed E-state index contributed by atoms with van der Waals surface area (Å²) >= 11 is 0. The molecule has 4 aromatic rings. The number of aromatic nitrogens is 3. The van der Waals surface area contributed by atoms with Gasteiger partial charge in [0.25, 0.3) is 0 Å². The van der Waals surface area contributed by atoms with E-state index >= 15 is 0 Å². The van der Waals surface area contributed by atoms with Gasteiger partial charge in [-0.3, -0.25) is 0 Å². The van der Waals surface area contributed by atoms with Crippen molar-refractivity contribution in [2.45, 2.75) is 46.1 Å². The number of nitriles is 1. The fourth-order valence-electron chi connectivity index (χ4n) is 4.79. The number of ether oxygens (including phenoxy) is 1. The highest BCUT2D eigenvalue weighted by molar-refractivity contribution is 5.98. The molecule has 1 fully saturated rings. The number of aryl methyl sites for hydroxylation is 1. The van der Waals surface area contributed by atoms with Gasteiger partial charge in [0.2, 0.25) is 11.8 Å². The minimum absolute atomic E-state index is 0.311. The van der Waals surface area contributed by atoms with Crippen molar-refractivity contribution in [1.29, 1.82) is 5.26 Å². The van der Waals surface area contributed by atoms with Gasteiger partial charge >= 0.3 is 0 Å². The Morgan fingerprint density at radius 3 is 2.79 bits per heavy atom. The zero-order valence-electron chi connectivity index (χ0n) is 22.8. The van der Waals surface area contributed by atoms with Crippen molar-refractivity contribution in [3.05, 3.63) is 66.5 Å². The van der Waals surface area contributed by atoms with Crippen molar-refractivity contribution < 1.29 is 4.74 Å². The van der Waals surface area contributed by atoms with E-state index < -0.39 is 0 Å². The van der Waals surface area contributed by atoms with E-state index in [4.69, 9.17) is 9.72 Å². The number of rotatable bonds is 9. The maximum absolute atomic E-state index is 9.35. The molecule has 1 aliphatic heterocycles. The summed E-state index contributed by atoms with van der Waals surface area (Å²) in [5, 5.41) is 21.8. The third-order valence-electron chi connectivity index (χ3n) is 7.11. The molecule has 1 saturated heterocycles. The molecule has 8 heteroatoms. The molecule has 0 amide bonds. The van der Waals surface area contributed by atoms with Crippen LogP contribution in [0.3, 0.4) is 0 Å². The maximum Gasteiger partial charge on any atom is 0.228 e. The monoisotopic (exact) mass is 521 g/mol. The van der Waals surface area contributed by atoms with Crippen LogP contribution in [0.4, 0.5) is 11.6 Å². The zero-order chi connectivity index (χ0) is 27.2. The Kier molecular flexibility index (Phi) is 7.89. The van der Waals surface area contributed by atoms with Crippen LogP contribution in [0, 0.1) is 23.7 Å². The molecule has 39 heavy (non-hydrogen) atoms. The number of nitrogens with one attached hydrogen (secondary N) is 3. The molecule has 0 bridgehead atoms. The predicted octanol–water partition coefficient (Wildman–Crippen LogP) is 6.31. The molecular formula is C31H35N7O. The first-order valence-electron chi connectivity index (χ1n) is 13.5. The number of hydrogen-bond acceptors (Lipinski definition) is 8. The molecular weight excluding hydrogens is 486 g/mol. The van der Waals surface area contributed by atoms with E-state index in [1.807, 2.05) is 45.0 Å². The van der Waals surface area contributed by atoms with Crippen LogP contribution in [0.1, 0.15) is 38.7 Å². The number of benzene rings is 2. The van der Waals surface area contributed by atoms with Gasteiger partial charge in [-0.2, -0.15) is 5.26 Å². The van der Waals surface area contributed by atoms with Gasteiger partial charge in [-0.15, -0.1) is 0 Å². The van der Waals surface area contributed by atoms with Crippen molar-refractivity contribution in [3.8, 4) is 29.0 Å². The summed E-state index contributed by atoms with van der Waals surface area (Å²) < 4.78 is 6.56. The van der Waals surface area contributed by atoms with Gasteiger partial charge in [0.05, 0.1) is 22.7 Å². The Labute approximate surface area is 229 Å².